The lowest BCUT2D eigenvalue weighted by molar-refractivity contribution is 0.164. The number of benzene rings is 1. The smallest absolute Gasteiger partial charge is 0.195 e. The van der Waals surface area contributed by atoms with Crippen molar-refractivity contribution < 1.29 is 9.13 Å². The molecule has 0 saturated heterocycles. The van der Waals surface area contributed by atoms with E-state index in [0.717, 1.165) is 16.6 Å². The zero-order valence-electron chi connectivity index (χ0n) is 11.7. The maximum Gasteiger partial charge on any atom is 0.195 e. The van der Waals surface area contributed by atoms with E-state index < -0.39 is 0 Å². The molecule has 0 aliphatic carbocycles. The van der Waals surface area contributed by atoms with Crippen LogP contribution in [0.5, 0.6) is 0 Å². The molecule has 0 aliphatic heterocycles. The molecule has 1 aromatic carbocycles. The van der Waals surface area contributed by atoms with Gasteiger partial charge in [-0.2, -0.15) is 0 Å². The third-order valence-corrected chi connectivity index (χ3v) is 3.52. The van der Waals surface area contributed by atoms with E-state index in [2.05, 4.69) is 10.2 Å². The van der Waals surface area contributed by atoms with Crippen molar-refractivity contribution in [2.75, 3.05) is 19.0 Å². The molecule has 0 amide bonds. The van der Waals surface area contributed by atoms with Crippen LogP contribution in [-0.2, 0) is 11.3 Å². The van der Waals surface area contributed by atoms with Crippen LogP contribution in [0.15, 0.2) is 29.4 Å². The molecule has 0 spiro atoms. The van der Waals surface area contributed by atoms with Gasteiger partial charge in [0.2, 0.25) is 0 Å². The maximum absolute atomic E-state index is 13.0. The fraction of sp³-hybridized carbons (Fsp3) is 0.385. The van der Waals surface area contributed by atoms with E-state index in [1.54, 1.807) is 12.1 Å². The summed E-state index contributed by atoms with van der Waals surface area (Å²) in [6, 6.07) is 6.18. The fourth-order valence-corrected chi connectivity index (χ4v) is 2.53. The van der Waals surface area contributed by atoms with Gasteiger partial charge in [0.05, 0.1) is 13.2 Å². The summed E-state index contributed by atoms with van der Waals surface area (Å²) in [6.07, 6.45) is 0. The number of aromatic nitrogens is 3. The molecule has 2 aromatic rings. The fourth-order valence-electron chi connectivity index (χ4n) is 1.71. The molecule has 5 nitrogen and oxygen atoms in total. The van der Waals surface area contributed by atoms with E-state index in [9.17, 15) is 4.39 Å². The van der Waals surface area contributed by atoms with Gasteiger partial charge in [-0.1, -0.05) is 11.8 Å². The Morgan fingerprint density at radius 3 is 2.62 bits per heavy atom. The normalized spacial score (nSPS) is 10.4. The van der Waals surface area contributed by atoms with Gasteiger partial charge in [0.25, 0.3) is 0 Å². The van der Waals surface area contributed by atoms with E-state index in [4.69, 9.17) is 10.5 Å². The van der Waals surface area contributed by atoms with Crippen LogP contribution in [0.2, 0.25) is 0 Å². The van der Waals surface area contributed by atoms with E-state index >= 15 is 0 Å². The molecule has 0 unspecified atom stereocenters. The summed E-state index contributed by atoms with van der Waals surface area (Å²) in [5.74, 6) is 1.15. The lowest BCUT2D eigenvalue weighted by Gasteiger charge is -2.09. The molecule has 1 aromatic heterocycles. The summed E-state index contributed by atoms with van der Waals surface area (Å²) in [5, 5.41) is 8.93. The average molecular weight is 333 g/mol. The number of hydrogen-bond donors (Lipinski definition) is 1. The molecule has 0 bridgehead atoms. The minimum atomic E-state index is -0.276. The van der Waals surface area contributed by atoms with Crippen LogP contribution in [0, 0.1) is 5.82 Å². The van der Waals surface area contributed by atoms with Crippen molar-refractivity contribution >= 4 is 24.2 Å². The molecular formula is C13H18ClFN4OS. The summed E-state index contributed by atoms with van der Waals surface area (Å²) in [5.41, 5.74) is 6.48. The molecule has 0 fully saturated rings. The number of rotatable bonds is 7. The summed E-state index contributed by atoms with van der Waals surface area (Å²) in [7, 11) is 0. The second kappa shape index (κ2) is 8.99. The van der Waals surface area contributed by atoms with Crippen molar-refractivity contribution in [2.24, 2.45) is 5.73 Å². The second-order valence-electron chi connectivity index (χ2n) is 3.96. The average Bonchev–Trinajstić information content (AvgIpc) is 2.87. The van der Waals surface area contributed by atoms with Crippen molar-refractivity contribution in [3.8, 4) is 5.69 Å². The SMILES string of the molecule is CCOCCSc1nnc(CN)n1-c1ccc(F)cc1.Cl. The van der Waals surface area contributed by atoms with Crippen LogP contribution in [0.25, 0.3) is 5.69 Å². The Kier molecular flexibility index (Phi) is 7.66. The van der Waals surface area contributed by atoms with Crippen molar-refractivity contribution in [3.05, 3.63) is 35.9 Å². The highest BCUT2D eigenvalue weighted by atomic mass is 35.5. The first-order chi connectivity index (χ1) is 9.76. The lowest BCUT2D eigenvalue weighted by Crippen LogP contribution is -2.08. The Balaban J connectivity index is 0.00000220. The Morgan fingerprint density at radius 2 is 2.00 bits per heavy atom. The number of nitrogens with zero attached hydrogens (tertiary/aromatic N) is 3. The summed E-state index contributed by atoms with van der Waals surface area (Å²) < 4.78 is 20.2. The maximum atomic E-state index is 13.0. The molecule has 0 aliphatic rings. The van der Waals surface area contributed by atoms with Crippen LogP contribution in [-0.4, -0.2) is 33.7 Å². The standard InChI is InChI=1S/C13H17FN4OS.ClH/c1-2-19-7-8-20-13-17-16-12(9-15)18(13)11-5-3-10(14)4-6-11;/h3-6H,2,7-9,15H2,1H3;1H. The number of halogens is 2. The van der Waals surface area contributed by atoms with Gasteiger partial charge in [-0.25, -0.2) is 4.39 Å². The van der Waals surface area contributed by atoms with Crippen molar-refractivity contribution in [1.29, 1.82) is 0 Å². The number of nitrogens with two attached hydrogens (primary N) is 1. The molecule has 21 heavy (non-hydrogen) atoms. The summed E-state index contributed by atoms with van der Waals surface area (Å²) in [6.45, 7) is 3.57. The zero-order chi connectivity index (χ0) is 14.4. The number of hydrogen-bond acceptors (Lipinski definition) is 5. The largest absolute Gasteiger partial charge is 0.381 e. The first kappa shape index (κ1) is 17.9. The molecular weight excluding hydrogens is 315 g/mol. The van der Waals surface area contributed by atoms with Crippen LogP contribution in [0.3, 0.4) is 0 Å². The molecule has 116 valence electrons. The molecule has 2 rings (SSSR count). The Bertz CT molecular complexity index is 550. The predicted octanol–water partition coefficient (Wildman–Crippen LogP) is 2.42. The third-order valence-electron chi connectivity index (χ3n) is 2.63. The highest BCUT2D eigenvalue weighted by Crippen LogP contribution is 2.22. The highest BCUT2D eigenvalue weighted by Gasteiger charge is 2.13. The van der Waals surface area contributed by atoms with E-state index in [0.29, 0.717) is 19.0 Å². The van der Waals surface area contributed by atoms with Crippen molar-refractivity contribution in [1.82, 2.24) is 14.8 Å². The van der Waals surface area contributed by atoms with Gasteiger partial charge in [-0.15, -0.1) is 22.6 Å². The zero-order valence-corrected chi connectivity index (χ0v) is 13.3. The third kappa shape index (κ3) is 4.67. The van der Waals surface area contributed by atoms with Crippen LogP contribution in [0.4, 0.5) is 4.39 Å². The Morgan fingerprint density at radius 1 is 1.29 bits per heavy atom. The quantitative estimate of drug-likeness (QED) is 0.623. The molecule has 0 atom stereocenters. The first-order valence-corrected chi connectivity index (χ1v) is 7.35. The van der Waals surface area contributed by atoms with Gasteiger partial charge in [0.15, 0.2) is 11.0 Å². The van der Waals surface area contributed by atoms with Gasteiger partial charge in [-0.3, -0.25) is 4.57 Å². The van der Waals surface area contributed by atoms with Gasteiger partial charge >= 0.3 is 0 Å². The van der Waals surface area contributed by atoms with Gasteiger partial charge in [0.1, 0.15) is 5.82 Å². The Labute approximate surface area is 133 Å². The molecule has 1 heterocycles. The van der Waals surface area contributed by atoms with E-state index in [-0.39, 0.29) is 24.8 Å². The number of thioether (sulfide) groups is 1. The summed E-state index contributed by atoms with van der Waals surface area (Å²) >= 11 is 1.54. The van der Waals surface area contributed by atoms with Crippen molar-refractivity contribution in [2.45, 2.75) is 18.6 Å². The molecule has 0 saturated carbocycles. The van der Waals surface area contributed by atoms with Crippen LogP contribution in [0.1, 0.15) is 12.7 Å². The van der Waals surface area contributed by atoms with Gasteiger partial charge < -0.3 is 10.5 Å². The predicted molar refractivity (Wildman–Crippen MR) is 83.7 cm³/mol. The van der Waals surface area contributed by atoms with E-state index in [1.807, 2.05) is 11.5 Å². The van der Waals surface area contributed by atoms with Gasteiger partial charge in [-0.05, 0) is 31.2 Å². The minimum Gasteiger partial charge on any atom is -0.381 e. The van der Waals surface area contributed by atoms with Gasteiger partial charge in [0, 0.05) is 18.0 Å². The number of ether oxygens (including phenoxy) is 1. The minimum absolute atomic E-state index is 0. The van der Waals surface area contributed by atoms with Crippen LogP contribution < -0.4 is 5.73 Å². The topological polar surface area (TPSA) is 66.0 Å². The molecule has 2 N–H and O–H groups in total. The monoisotopic (exact) mass is 332 g/mol. The highest BCUT2D eigenvalue weighted by molar-refractivity contribution is 7.99. The summed E-state index contributed by atoms with van der Waals surface area (Å²) in [4.78, 5) is 0. The second-order valence-corrected chi connectivity index (χ2v) is 5.02. The van der Waals surface area contributed by atoms with Crippen molar-refractivity contribution in [3.63, 3.8) is 0 Å². The molecule has 0 radical (unpaired) electrons. The Hall–Kier alpha value is -1.15. The first-order valence-electron chi connectivity index (χ1n) is 6.37. The molecule has 8 heteroatoms. The van der Waals surface area contributed by atoms with E-state index in [1.165, 1.54) is 23.9 Å². The van der Waals surface area contributed by atoms with Crippen LogP contribution >= 0.6 is 24.2 Å². The lowest BCUT2D eigenvalue weighted by atomic mass is 10.3.